The first-order valence-electron chi connectivity index (χ1n) is 13.8. The minimum Gasteiger partial charge on any atom is -0.444 e. The zero-order valence-electron chi connectivity index (χ0n) is 23.9. The van der Waals surface area contributed by atoms with E-state index >= 15 is 0 Å². The molecule has 4 aromatic rings. The van der Waals surface area contributed by atoms with Gasteiger partial charge < -0.3 is 9.64 Å². The Bertz CT molecular complexity index is 1820. The fourth-order valence-corrected chi connectivity index (χ4v) is 7.31. The molecule has 0 saturated carbocycles. The predicted octanol–water partition coefficient (Wildman–Crippen LogP) is 4.50. The molecular weight excluding hydrogens is 554 g/mol. The van der Waals surface area contributed by atoms with Crippen molar-refractivity contribution in [1.82, 2.24) is 23.8 Å². The van der Waals surface area contributed by atoms with E-state index in [4.69, 9.17) is 4.74 Å². The zero-order chi connectivity index (χ0) is 29.8. The summed E-state index contributed by atoms with van der Waals surface area (Å²) in [6.45, 7) is 8.52. The number of rotatable bonds is 4. The van der Waals surface area contributed by atoms with Gasteiger partial charge in [-0.2, -0.15) is 5.26 Å². The number of carbonyl (C=O) groups is 1. The molecule has 1 amide bonds. The molecule has 1 aromatic carbocycles. The highest BCUT2D eigenvalue weighted by atomic mass is 32.2. The molecule has 0 radical (unpaired) electrons. The summed E-state index contributed by atoms with van der Waals surface area (Å²) in [5.41, 5.74) is 1.60. The van der Waals surface area contributed by atoms with Gasteiger partial charge in [-0.05, 0) is 70.9 Å². The third kappa shape index (κ3) is 4.83. The number of carbonyl (C=O) groups excluding carboxylic acids is 1. The van der Waals surface area contributed by atoms with Gasteiger partial charge in [0.1, 0.15) is 29.5 Å². The molecule has 3 aromatic heterocycles. The number of piperazine rings is 1. The zero-order valence-corrected chi connectivity index (χ0v) is 24.7. The summed E-state index contributed by atoms with van der Waals surface area (Å²) in [6.07, 6.45) is 4.23. The van der Waals surface area contributed by atoms with Crippen molar-refractivity contribution in [3.05, 3.63) is 66.2 Å². The predicted molar refractivity (Wildman–Crippen MR) is 156 cm³/mol. The fraction of sp³-hybridized carbons (Fsp3) is 0.367. The number of pyridine rings is 1. The second-order valence-electron chi connectivity index (χ2n) is 11.8. The van der Waals surface area contributed by atoms with Crippen LogP contribution in [-0.4, -0.2) is 69.1 Å². The monoisotopic (exact) mass is 585 g/mol. The lowest BCUT2D eigenvalue weighted by atomic mass is 10.1. The summed E-state index contributed by atoms with van der Waals surface area (Å²) >= 11 is 0. The normalized spacial score (nSPS) is 18.7. The summed E-state index contributed by atoms with van der Waals surface area (Å²) in [7, 11) is -4.10. The van der Waals surface area contributed by atoms with Crippen LogP contribution in [0.3, 0.4) is 0 Å². The van der Waals surface area contributed by atoms with E-state index in [1.165, 1.54) is 16.5 Å². The van der Waals surface area contributed by atoms with Crippen molar-refractivity contribution in [2.45, 2.75) is 63.1 Å². The minimum absolute atomic E-state index is 0.0557. The molecule has 11 nitrogen and oxygen atoms in total. The molecule has 42 heavy (non-hydrogen) atoms. The molecule has 0 aliphatic carbocycles. The summed E-state index contributed by atoms with van der Waals surface area (Å²) < 4.78 is 35.2. The molecule has 2 bridgehead atoms. The molecule has 2 saturated heterocycles. The van der Waals surface area contributed by atoms with Crippen LogP contribution in [0.25, 0.3) is 22.3 Å². The molecule has 2 aliphatic heterocycles. The number of amides is 1. The molecule has 2 unspecified atom stereocenters. The molecule has 5 heterocycles. The Morgan fingerprint density at radius 3 is 2.36 bits per heavy atom. The van der Waals surface area contributed by atoms with Crippen molar-refractivity contribution in [2.75, 3.05) is 18.0 Å². The van der Waals surface area contributed by atoms with Crippen molar-refractivity contribution in [1.29, 1.82) is 5.26 Å². The van der Waals surface area contributed by atoms with Gasteiger partial charge in [-0.3, -0.25) is 4.90 Å². The molecule has 2 atom stereocenters. The number of hydrogen-bond donors (Lipinski definition) is 0. The first kappa shape index (κ1) is 27.7. The van der Waals surface area contributed by atoms with Gasteiger partial charge >= 0.3 is 6.09 Å². The topological polar surface area (TPSA) is 134 Å². The van der Waals surface area contributed by atoms with Crippen LogP contribution in [0.5, 0.6) is 0 Å². The van der Waals surface area contributed by atoms with Gasteiger partial charge in [0.2, 0.25) is 0 Å². The van der Waals surface area contributed by atoms with Gasteiger partial charge in [0.05, 0.1) is 28.1 Å². The SMILES string of the molecule is Cc1ccc(S(=O)(=O)n2c(-c3ccnc(C#N)c3)cc3c(N4CC5CCC(C4)N5C(=O)OC(C)(C)C)ncnc32)cc1. The highest BCUT2D eigenvalue weighted by molar-refractivity contribution is 7.90. The van der Waals surface area contributed by atoms with Gasteiger partial charge in [-0.25, -0.2) is 32.1 Å². The van der Waals surface area contributed by atoms with Crippen LogP contribution < -0.4 is 4.90 Å². The van der Waals surface area contributed by atoms with Gasteiger partial charge in [0.15, 0.2) is 5.65 Å². The third-order valence-corrected chi connectivity index (χ3v) is 9.37. The van der Waals surface area contributed by atoms with Crippen molar-refractivity contribution >= 4 is 33.0 Å². The van der Waals surface area contributed by atoms with E-state index in [0.717, 1.165) is 18.4 Å². The second-order valence-corrected chi connectivity index (χ2v) is 13.6. The van der Waals surface area contributed by atoms with E-state index in [1.54, 1.807) is 42.5 Å². The number of benzene rings is 1. The number of hydrogen-bond acceptors (Lipinski definition) is 9. The van der Waals surface area contributed by atoms with Crippen molar-refractivity contribution < 1.29 is 17.9 Å². The smallest absolute Gasteiger partial charge is 0.410 e. The molecule has 6 rings (SSSR count). The lowest BCUT2D eigenvalue weighted by Crippen LogP contribution is -2.57. The van der Waals surface area contributed by atoms with Crippen molar-refractivity contribution in [3.63, 3.8) is 0 Å². The Kier molecular flexibility index (Phi) is 6.65. The molecule has 216 valence electrons. The van der Waals surface area contributed by atoms with Crippen LogP contribution in [0.2, 0.25) is 0 Å². The first-order chi connectivity index (χ1) is 20.0. The average Bonchev–Trinajstić information content (AvgIpc) is 3.48. The van der Waals surface area contributed by atoms with E-state index < -0.39 is 15.6 Å². The number of anilines is 1. The number of nitriles is 1. The van der Waals surface area contributed by atoms with Gasteiger partial charge in [0.25, 0.3) is 10.0 Å². The highest BCUT2D eigenvalue weighted by Crippen LogP contribution is 2.38. The fourth-order valence-electron chi connectivity index (χ4n) is 5.83. The maximum absolute atomic E-state index is 14.2. The summed E-state index contributed by atoms with van der Waals surface area (Å²) in [5, 5.41) is 10.0. The standard InChI is InChI=1S/C30H31N7O4S/c1-19-5-9-24(10-6-19)42(39,40)37-26(20-11-12-32-21(13-20)15-31)14-25-27(33-18-34-28(25)37)35-16-22-7-8-23(17-35)36(22)29(38)41-30(2,3)4/h5-6,9-14,18,22-23H,7-8,16-17H2,1-4H3. The number of nitrogens with zero attached hydrogens (tertiary/aromatic N) is 7. The summed E-state index contributed by atoms with van der Waals surface area (Å²) in [6, 6.07) is 13.5. The van der Waals surface area contributed by atoms with Crippen LogP contribution in [0.15, 0.2) is 59.9 Å². The average molecular weight is 586 g/mol. The molecule has 0 spiro atoms. The van der Waals surface area contributed by atoms with E-state index in [9.17, 15) is 18.5 Å². The number of aromatic nitrogens is 4. The van der Waals surface area contributed by atoms with E-state index in [2.05, 4.69) is 19.9 Å². The Morgan fingerprint density at radius 2 is 1.71 bits per heavy atom. The van der Waals surface area contributed by atoms with Gasteiger partial charge in [-0.1, -0.05) is 17.7 Å². The lowest BCUT2D eigenvalue weighted by molar-refractivity contribution is 0.0123. The Hall–Kier alpha value is -4.50. The van der Waals surface area contributed by atoms with Crippen LogP contribution in [0.4, 0.5) is 10.6 Å². The lowest BCUT2D eigenvalue weighted by Gasteiger charge is -2.41. The van der Waals surface area contributed by atoms with Gasteiger partial charge in [0, 0.05) is 24.8 Å². The highest BCUT2D eigenvalue weighted by Gasteiger charge is 2.45. The number of fused-ring (bicyclic) bond motifs is 3. The van der Waals surface area contributed by atoms with Crippen molar-refractivity contribution in [2.24, 2.45) is 0 Å². The summed E-state index contributed by atoms with van der Waals surface area (Å²) in [4.78, 5) is 30.2. The van der Waals surface area contributed by atoms with E-state index in [-0.39, 0.29) is 34.4 Å². The van der Waals surface area contributed by atoms with Crippen LogP contribution in [0, 0.1) is 18.3 Å². The van der Waals surface area contributed by atoms with Crippen LogP contribution >= 0.6 is 0 Å². The second kappa shape index (κ2) is 10.1. The Balaban J connectivity index is 1.47. The number of ether oxygens (including phenoxy) is 1. The van der Waals surface area contributed by atoms with Crippen LogP contribution in [0.1, 0.15) is 44.9 Å². The van der Waals surface area contributed by atoms with E-state index in [1.807, 2.05) is 38.7 Å². The van der Waals surface area contributed by atoms with Gasteiger partial charge in [-0.15, -0.1) is 0 Å². The molecule has 2 fully saturated rings. The first-order valence-corrected chi connectivity index (χ1v) is 15.2. The summed E-state index contributed by atoms with van der Waals surface area (Å²) in [5.74, 6) is 0.592. The molecular formula is C30H31N7O4S. The van der Waals surface area contributed by atoms with E-state index in [0.29, 0.717) is 35.6 Å². The third-order valence-electron chi connectivity index (χ3n) is 7.65. The Morgan fingerprint density at radius 1 is 1.02 bits per heavy atom. The Labute approximate surface area is 244 Å². The van der Waals surface area contributed by atoms with Crippen molar-refractivity contribution in [3.8, 4) is 17.3 Å². The maximum Gasteiger partial charge on any atom is 0.410 e. The minimum atomic E-state index is -4.10. The number of aryl methyl sites for hydroxylation is 1. The molecule has 12 heteroatoms. The molecule has 2 aliphatic rings. The largest absolute Gasteiger partial charge is 0.444 e. The molecule has 0 N–H and O–H groups in total. The van der Waals surface area contributed by atoms with Crippen LogP contribution in [-0.2, 0) is 14.8 Å². The maximum atomic E-state index is 14.2. The quantitative estimate of drug-likeness (QED) is 0.339.